The van der Waals surface area contributed by atoms with Crippen LogP contribution in [-0.2, 0) is 0 Å². The summed E-state index contributed by atoms with van der Waals surface area (Å²) in [5.74, 6) is 2.09. The predicted octanol–water partition coefficient (Wildman–Crippen LogP) is 0.473. The lowest BCUT2D eigenvalue weighted by Gasteiger charge is -2.10. The van der Waals surface area contributed by atoms with Crippen LogP contribution in [0.3, 0.4) is 0 Å². The Labute approximate surface area is 83.7 Å². The van der Waals surface area contributed by atoms with Gasteiger partial charge in [-0.2, -0.15) is 4.98 Å². The molecule has 1 heterocycles. The Morgan fingerprint density at radius 2 is 2.07 bits per heavy atom. The van der Waals surface area contributed by atoms with Crippen molar-refractivity contribution < 1.29 is 4.74 Å². The molecule has 5 nitrogen and oxygen atoms in total. The van der Waals surface area contributed by atoms with Crippen molar-refractivity contribution in [2.24, 2.45) is 5.73 Å². The van der Waals surface area contributed by atoms with Crippen LogP contribution in [0.1, 0.15) is 11.4 Å². The average Bonchev–Trinajstić information content (AvgIpc) is 2.18. The number of ether oxygens (including phenoxy) is 1. The van der Waals surface area contributed by atoms with Crippen LogP contribution in [0.2, 0.25) is 0 Å². The molecule has 1 aromatic heterocycles. The molecular weight excluding hydrogens is 180 g/mol. The van der Waals surface area contributed by atoms with Crippen LogP contribution in [0.15, 0.2) is 0 Å². The summed E-state index contributed by atoms with van der Waals surface area (Å²) in [7, 11) is 1.60. The highest BCUT2D eigenvalue weighted by molar-refractivity contribution is 5.48. The maximum absolute atomic E-state index is 5.40. The number of rotatable bonds is 4. The highest BCUT2D eigenvalue weighted by Gasteiger charge is 2.08. The Kier molecular flexibility index (Phi) is 3.64. The molecule has 0 aliphatic rings. The number of hydrogen-bond donors (Lipinski definition) is 2. The monoisotopic (exact) mass is 196 g/mol. The molecule has 1 rings (SSSR count). The van der Waals surface area contributed by atoms with Crippen LogP contribution in [-0.4, -0.2) is 30.2 Å². The van der Waals surface area contributed by atoms with Crippen molar-refractivity contribution in [2.75, 3.05) is 25.5 Å². The van der Waals surface area contributed by atoms with Gasteiger partial charge in [-0.3, -0.25) is 0 Å². The summed E-state index contributed by atoms with van der Waals surface area (Å²) in [6.07, 6.45) is 0. The largest absolute Gasteiger partial charge is 0.481 e. The molecular formula is C9H16N4O. The van der Waals surface area contributed by atoms with Crippen molar-refractivity contribution in [3.05, 3.63) is 11.4 Å². The Balaban J connectivity index is 2.96. The quantitative estimate of drug-likeness (QED) is 0.732. The molecule has 0 aromatic carbocycles. The van der Waals surface area contributed by atoms with Crippen molar-refractivity contribution in [1.82, 2.24) is 9.97 Å². The second-order valence-electron chi connectivity index (χ2n) is 2.97. The number of hydrogen-bond acceptors (Lipinski definition) is 5. The van der Waals surface area contributed by atoms with Gasteiger partial charge in [-0.15, -0.1) is 0 Å². The molecule has 0 amide bonds. The summed E-state index contributed by atoms with van der Waals surface area (Å²) in [5.41, 5.74) is 6.31. The van der Waals surface area contributed by atoms with E-state index in [2.05, 4.69) is 15.3 Å². The average molecular weight is 196 g/mol. The SMILES string of the molecule is COc1nc(C)nc(NCCN)c1C. The van der Waals surface area contributed by atoms with E-state index >= 15 is 0 Å². The highest BCUT2D eigenvalue weighted by Crippen LogP contribution is 2.20. The van der Waals surface area contributed by atoms with E-state index in [9.17, 15) is 0 Å². The van der Waals surface area contributed by atoms with E-state index in [1.165, 1.54) is 0 Å². The predicted molar refractivity (Wildman–Crippen MR) is 55.6 cm³/mol. The van der Waals surface area contributed by atoms with Gasteiger partial charge in [0, 0.05) is 13.1 Å². The van der Waals surface area contributed by atoms with Gasteiger partial charge in [0.2, 0.25) is 5.88 Å². The number of nitrogens with zero attached hydrogens (tertiary/aromatic N) is 2. The minimum Gasteiger partial charge on any atom is -0.481 e. The molecule has 78 valence electrons. The summed E-state index contributed by atoms with van der Waals surface area (Å²) < 4.78 is 5.12. The molecule has 14 heavy (non-hydrogen) atoms. The number of aryl methyl sites for hydroxylation is 1. The van der Waals surface area contributed by atoms with Crippen molar-refractivity contribution in [3.8, 4) is 5.88 Å². The summed E-state index contributed by atoms with van der Waals surface area (Å²) in [5, 5.41) is 3.12. The van der Waals surface area contributed by atoms with Crippen molar-refractivity contribution in [2.45, 2.75) is 13.8 Å². The lowest BCUT2D eigenvalue weighted by Crippen LogP contribution is -2.15. The molecule has 0 aliphatic carbocycles. The Morgan fingerprint density at radius 3 is 2.64 bits per heavy atom. The van der Waals surface area contributed by atoms with Gasteiger partial charge in [-0.1, -0.05) is 0 Å². The Morgan fingerprint density at radius 1 is 1.36 bits per heavy atom. The molecule has 0 radical (unpaired) electrons. The molecule has 0 saturated carbocycles. The first-order valence-electron chi connectivity index (χ1n) is 4.52. The van der Waals surface area contributed by atoms with Crippen molar-refractivity contribution in [3.63, 3.8) is 0 Å². The van der Waals surface area contributed by atoms with Crippen LogP contribution >= 0.6 is 0 Å². The number of nitrogens with one attached hydrogen (secondary N) is 1. The molecule has 0 spiro atoms. The lowest BCUT2D eigenvalue weighted by molar-refractivity contribution is 0.392. The third-order valence-corrected chi connectivity index (χ3v) is 1.84. The highest BCUT2D eigenvalue weighted by atomic mass is 16.5. The second kappa shape index (κ2) is 4.76. The number of methoxy groups -OCH3 is 1. The van der Waals surface area contributed by atoms with E-state index < -0.39 is 0 Å². The Bertz CT molecular complexity index is 314. The molecule has 0 bridgehead atoms. The van der Waals surface area contributed by atoms with Gasteiger partial charge in [0.05, 0.1) is 12.7 Å². The summed E-state index contributed by atoms with van der Waals surface area (Å²) in [6.45, 7) is 5.01. The fraction of sp³-hybridized carbons (Fsp3) is 0.556. The second-order valence-corrected chi connectivity index (χ2v) is 2.97. The molecule has 3 N–H and O–H groups in total. The lowest BCUT2D eigenvalue weighted by atomic mass is 10.3. The van der Waals surface area contributed by atoms with Gasteiger partial charge >= 0.3 is 0 Å². The fourth-order valence-corrected chi connectivity index (χ4v) is 1.16. The van der Waals surface area contributed by atoms with Gasteiger partial charge in [0.1, 0.15) is 11.6 Å². The Hall–Kier alpha value is -1.36. The normalized spacial score (nSPS) is 10.0. The smallest absolute Gasteiger partial charge is 0.221 e. The van der Waals surface area contributed by atoms with E-state index in [4.69, 9.17) is 10.5 Å². The zero-order chi connectivity index (χ0) is 10.6. The van der Waals surface area contributed by atoms with Gasteiger partial charge < -0.3 is 15.8 Å². The van der Waals surface area contributed by atoms with E-state index in [0.29, 0.717) is 24.8 Å². The zero-order valence-electron chi connectivity index (χ0n) is 8.79. The molecule has 0 fully saturated rings. The molecule has 0 unspecified atom stereocenters. The number of nitrogens with two attached hydrogens (primary N) is 1. The molecule has 0 saturated heterocycles. The first-order valence-corrected chi connectivity index (χ1v) is 4.52. The van der Waals surface area contributed by atoms with Crippen molar-refractivity contribution >= 4 is 5.82 Å². The van der Waals surface area contributed by atoms with Crippen LogP contribution in [0.4, 0.5) is 5.82 Å². The molecule has 0 atom stereocenters. The van der Waals surface area contributed by atoms with Crippen LogP contribution in [0.5, 0.6) is 5.88 Å². The maximum atomic E-state index is 5.40. The fourth-order valence-electron chi connectivity index (χ4n) is 1.16. The number of aromatic nitrogens is 2. The first kappa shape index (κ1) is 10.7. The van der Waals surface area contributed by atoms with Crippen LogP contribution < -0.4 is 15.8 Å². The zero-order valence-corrected chi connectivity index (χ0v) is 8.79. The number of anilines is 1. The summed E-state index contributed by atoms with van der Waals surface area (Å²) in [4.78, 5) is 8.42. The van der Waals surface area contributed by atoms with Gasteiger partial charge in [0.25, 0.3) is 0 Å². The van der Waals surface area contributed by atoms with Crippen LogP contribution in [0, 0.1) is 13.8 Å². The minimum absolute atomic E-state index is 0.574. The molecule has 5 heteroatoms. The van der Waals surface area contributed by atoms with Gasteiger partial charge in [-0.05, 0) is 13.8 Å². The van der Waals surface area contributed by atoms with Gasteiger partial charge in [0.15, 0.2) is 0 Å². The van der Waals surface area contributed by atoms with E-state index in [-0.39, 0.29) is 0 Å². The first-order chi connectivity index (χ1) is 6.69. The van der Waals surface area contributed by atoms with E-state index in [0.717, 1.165) is 11.4 Å². The van der Waals surface area contributed by atoms with Crippen LogP contribution in [0.25, 0.3) is 0 Å². The molecule has 0 aliphatic heterocycles. The minimum atomic E-state index is 0.574. The van der Waals surface area contributed by atoms with E-state index in [1.54, 1.807) is 7.11 Å². The molecule has 1 aromatic rings. The third kappa shape index (κ3) is 2.32. The topological polar surface area (TPSA) is 73.1 Å². The maximum Gasteiger partial charge on any atom is 0.221 e. The van der Waals surface area contributed by atoms with Gasteiger partial charge in [-0.25, -0.2) is 4.98 Å². The summed E-state index contributed by atoms with van der Waals surface area (Å²) >= 11 is 0. The third-order valence-electron chi connectivity index (χ3n) is 1.84. The van der Waals surface area contributed by atoms with Crippen molar-refractivity contribution in [1.29, 1.82) is 0 Å². The summed E-state index contributed by atoms with van der Waals surface area (Å²) in [6, 6.07) is 0. The standard InChI is InChI=1S/C9H16N4O/c1-6-8(11-5-4-10)12-7(2)13-9(6)14-3/h4-5,10H2,1-3H3,(H,11,12,13). The van der Waals surface area contributed by atoms with E-state index in [1.807, 2.05) is 13.8 Å².